The first-order chi connectivity index (χ1) is 6.50. The summed E-state index contributed by atoms with van der Waals surface area (Å²) in [6.45, 7) is 1.80. The fraction of sp³-hybridized carbons (Fsp3) is 0.455. The van der Waals surface area contributed by atoms with Crippen LogP contribution in [-0.4, -0.2) is 5.54 Å². The van der Waals surface area contributed by atoms with Crippen LogP contribution in [0.4, 0.5) is 4.39 Å². The van der Waals surface area contributed by atoms with E-state index in [2.05, 4.69) is 0 Å². The number of rotatable bonds is 2. The lowest BCUT2D eigenvalue weighted by Crippen LogP contribution is -2.25. The van der Waals surface area contributed by atoms with Gasteiger partial charge in [0, 0.05) is 10.6 Å². The molecule has 76 valence electrons. The maximum absolute atomic E-state index is 13.5. The van der Waals surface area contributed by atoms with Gasteiger partial charge in [-0.2, -0.15) is 0 Å². The first-order valence-corrected chi connectivity index (χ1v) is 5.11. The number of hydrogen-bond acceptors (Lipinski definition) is 1. The summed E-state index contributed by atoms with van der Waals surface area (Å²) in [5.74, 6) is -0.191. The molecule has 0 unspecified atom stereocenters. The fourth-order valence-corrected chi connectivity index (χ4v) is 1.73. The molecule has 0 aliphatic heterocycles. The van der Waals surface area contributed by atoms with Crippen LogP contribution >= 0.6 is 11.6 Å². The van der Waals surface area contributed by atoms with E-state index in [-0.39, 0.29) is 11.4 Å². The Morgan fingerprint density at radius 3 is 2.71 bits per heavy atom. The van der Waals surface area contributed by atoms with Crippen LogP contribution in [0, 0.1) is 12.7 Å². The van der Waals surface area contributed by atoms with Crippen LogP contribution in [0.15, 0.2) is 12.1 Å². The first-order valence-electron chi connectivity index (χ1n) is 4.74. The molecule has 1 saturated carbocycles. The van der Waals surface area contributed by atoms with Crippen LogP contribution in [0.2, 0.25) is 5.02 Å². The number of halogens is 2. The van der Waals surface area contributed by atoms with Crippen molar-refractivity contribution in [3.63, 3.8) is 0 Å². The summed E-state index contributed by atoms with van der Waals surface area (Å²) >= 11 is 5.93. The second kappa shape index (κ2) is 3.21. The lowest BCUT2D eigenvalue weighted by atomic mass is 10.0. The van der Waals surface area contributed by atoms with Crippen molar-refractivity contribution >= 4 is 11.6 Å². The van der Waals surface area contributed by atoms with Crippen LogP contribution in [0.5, 0.6) is 0 Å². The Kier molecular flexibility index (Phi) is 2.28. The molecule has 1 aromatic rings. The lowest BCUT2D eigenvalue weighted by Gasteiger charge is -2.10. The zero-order valence-electron chi connectivity index (χ0n) is 8.11. The molecule has 0 heterocycles. The van der Waals surface area contributed by atoms with Crippen LogP contribution in [-0.2, 0) is 6.42 Å². The highest BCUT2D eigenvalue weighted by atomic mass is 35.5. The van der Waals surface area contributed by atoms with E-state index in [1.807, 2.05) is 0 Å². The monoisotopic (exact) mass is 213 g/mol. The van der Waals surface area contributed by atoms with Gasteiger partial charge in [-0.1, -0.05) is 11.6 Å². The molecule has 3 heteroatoms. The van der Waals surface area contributed by atoms with Crippen molar-refractivity contribution in [3.05, 3.63) is 34.1 Å². The van der Waals surface area contributed by atoms with E-state index in [0.29, 0.717) is 17.0 Å². The van der Waals surface area contributed by atoms with E-state index in [1.165, 1.54) is 6.07 Å². The summed E-state index contributed by atoms with van der Waals surface area (Å²) in [7, 11) is 0. The molecule has 2 rings (SSSR count). The minimum atomic E-state index is -0.191. The Hall–Kier alpha value is -0.600. The zero-order valence-corrected chi connectivity index (χ0v) is 8.87. The highest BCUT2D eigenvalue weighted by Gasteiger charge is 2.38. The third-order valence-electron chi connectivity index (χ3n) is 2.76. The average molecular weight is 214 g/mol. The van der Waals surface area contributed by atoms with Gasteiger partial charge in [0.15, 0.2) is 0 Å². The molecule has 0 atom stereocenters. The molecular weight excluding hydrogens is 201 g/mol. The van der Waals surface area contributed by atoms with E-state index in [1.54, 1.807) is 13.0 Å². The highest BCUT2D eigenvalue weighted by Crippen LogP contribution is 2.36. The van der Waals surface area contributed by atoms with E-state index >= 15 is 0 Å². The van der Waals surface area contributed by atoms with Crippen molar-refractivity contribution in [1.82, 2.24) is 0 Å². The molecule has 1 fully saturated rings. The molecule has 1 nitrogen and oxygen atoms in total. The van der Waals surface area contributed by atoms with Gasteiger partial charge in [-0.25, -0.2) is 4.39 Å². The summed E-state index contributed by atoms with van der Waals surface area (Å²) in [5, 5.41) is 0.616. The molecule has 14 heavy (non-hydrogen) atoms. The van der Waals surface area contributed by atoms with Gasteiger partial charge in [-0.3, -0.25) is 0 Å². The molecule has 2 N–H and O–H groups in total. The lowest BCUT2D eigenvalue weighted by molar-refractivity contribution is 0.581. The van der Waals surface area contributed by atoms with Gasteiger partial charge in [0.05, 0.1) is 0 Å². The second-order valence-corrected chi connectivity index (χ2v) is 4.64. The zero-order chi connectivity index (χ0) is 10.3. The average Bonchev–Trinajstić information content (AvgIpc) is 2.80. The summed E-state index contributed by atoms with van der Waals surface area (Å²) < 4.78 is 13.5. The Balaban J connectivity index is 2.29. The minimum Gasteiger partial charge on any atom is -0.325 e. The maximum atomic E-state index is 13.5. The number of benzene rings is 1. The molecule has 0 aromatic heterocycles. The van der Waals surface area contributed by atoms with Crippen LogP contribution in [0.3, 0.4) is 0 Å². The molecule has 0 amide bonds. The van der Waals surface area contributed by atoms with Gasteiger partial charge in [-0.05, 0) is 49.4 Å². The summed E-state index contributed by atoms with van der Waals surface area (Å²) in [5.41, 5.74) is 7.17. The smallest absolute Gasteiger partial charge is 0.126 e. The number of nitrogens with two attached hydrogens (primary N) is 1. The van der Waals surface area contributed by atoms with E-state index < -0.39 is 0 Å². The molecular formula is C11H13ClFN. The molecule has 0 spiro atoms. The predicted molar refractivity (Wildman–Crippen MR) is 56.0 cm³/mol. The van der Waals surface area contributed by atoms with Crippen molar-refractivity contribution in [1.29, 1.82) is 0 Å². The normalized spacial score (nSPS) is 18.3. The maximum Gasteiger partial charge on any atom is 0.126 e. The van der Waals surface area contributed by atoms with Gasteiger partial charge in [0.2, 0.25) is 0 Å². The Morgan fingerprint density at radius 2 is 2.14 bits per heavy atom. The van der Waals surface area contributed by atoms with Gasteiger partial charge in [0.1, 0.15) is 5.82 Å². The molecule has 1 aliphatic carbocycles. The van der Waals surface area contributed by atoms with Crippen LogP contribution in [0.1, 0.15) is 24.0 Å². The molecule has 0 saturated heterocycles. The highest BCUT2D eigenvalue weighted by molar-refractivity contribution is 6.31. The molecule has 0 radical (unpaired) electrons. The summed E-state index contributed by atoms with van der Waals surface area (Å²) in [6.07, 6.45) is 2.56. The molecule has 1 aromatic carbocycles. The van der Waals surface area contributed by atoms with Crippen molar-refractivity contribution in [3.8, 4) is 0 Å². The van der Waals surface area contributed by atoms with Crippen LogP contribution in [0.25, 0.3) is 0 Å². The Labute approximate surface area is 88.1 Å². The standard InChI is InChI=1S/C11H13ClFN/c1-7-4-10(13)8(5-9(7)12)6-11(14)2-3-11/h4-5H,2-3,6,14H2,1H3. The molecule has 0 bridgehead atoms. The second-order valence-electron chi connectivity index (χ2n) is 4.23. The minimum absolute atomic E-state index is 0.167. The van der Waals surface area contributed by atoms with Crippen molar-refractivity contribution < 1.29 is 4.39 Å². The number of aryl methyl sites for hydroxylation is 1. The van der Waals surface area contributed by atoms with Crippen molar-refractivity contribution in [2.75, 3.05) is 0 Å². The summed E-state index contributed by atoms with van der Waals surface area (Å²) in [6, 6.07) is 3.17. The van der Waals surface area contributed by atoms with E-state index in [9.17, 15) is 4.39 Å². The summed E-state index contributed by atoms with van der Waals surface area (Å²) in [4.78, 5) is 0. The third kappa shape index (κ3) is 1.91. The van der Waals surface area contributed by atoms with E-state index in [0.717, 1.165) is 18.4 Å². The SMILES string of the molecule is Cc1cc(F)c(CC2(N)CC2)cc1Cl. The Bertz CT molecular complexity index is 372. The largest absolute Gasteiger partial charge is 0.325 e. The van der Waals surface area contributed by atoms with Gasteiger partial charge in [-0.15, -0.1) is 0 Å². The number of hydrogen-bond donors (Lipinski definition) is 1. The molecule has 1 aliphatic rings. The fourth-order valence-electron chi connectivity index (χ4n) is 1.54. The first kappa shape index (κ1) is 9.94. The van der Waals surface area contributed by atoms with Crippen LogP contribution < -0.4 is 5.73 Å². The van der Waals surface area contributed by atoms with Gasteiger partial charge >= 0.3 is 0 Å². The topological polar surface area (TPSA) is 26.0 Å². The van der Waals surface area contributed by atoms with Gasteiger partial charge < -0.3 is 5.73 Å². The van der Waals surface area contributed by atoms with Gasteiger partial charge in [0.25, 0.3) is 0 Å². The quantitative estimate of drug-likeness (QED) is 0.804. The Morgan fingerprint density at radius 1 is 1.50 bits per heavy atom. The van der Waals surface area contributed by atoms with Crippen molar-refractivity contribution in [2.45, 2.75) is 31.7 Å². The predicted octanol–water partition coefficient (Wildman–Crippen LogP) is 2.82. The van der Waals surface area contributed by atoms with E-state index in [4.69, 9.17) is 17.3 Å². The third-order valence-corrected chi connectivity index (χ3v) is 3.17. The van der Waals surface area contributed by atoms with Crippen molar-refractivity contribution in [2.24, 2.45) is 5.73 Å².